The minimum Gasteiger partial charge on any atom is -0.489 e. The van der Waals surface area contributed by atoms with Gasteiger partial charge in [0.05, 0.1) is 6.54 Å². The molecule has 0 spiro atoms. The van der Waals surface area contributed by atoms with Gasteiger partial charge in [0.1, 0.15) is 6.61 Å². The number of anilines is 1. The van der Waals surface area contributed by atoms with Crippen LogP contribution in [0.15, 0.2) is 53.0 Å². The highest BCUT2D eigenvalue weighted by Crippen LogP contribution is 2.15. The number of benzene rings is 2. The van der Waals surface area contributed by atoms with Gasteiger partial charge in [0, 0.05) is 16.7 Å². The molecule has 0 saturated carbocycles. The number of para-hydroxylation sites is 1. The lowest BCUT2D eigenvalue weighted by Gasteiger charge is -2.16. The molecule has 4 nitrogen and oxygen atoms in total. The maximum atomic E-state index is 13.4. The van der Waals surface area contributed by atoms with E-state index in [-0.39, 0.29) is 24.0 Å². The Balaban J connectivity index is 1.71. The van der Waals surface area contributed by atoms with Gasteiger partial charge in [-0.1, -0.05) is 28.1 Å². The molecule has 1 N–H and O–H groups in total. The first-order valence-electron chi connectivity index (χ1n) is 7.16. The molecule has 23 heavy (non-hydrogen) atoms. The number of hydrogen-bond donors (Lipinski definition) is 1. The van der Waals surface area contributed by atoms with Crippen LogP contribution in [-0.2, 0) is 4.79 Å². The summed E-state index contributed by atoms with van der Waals surface area (Å²) in [6.07, 6.45) is 0. The molecule has 0 aromatic heterocycles. The predicted molar refractivity (Wildman–Crippen MR) is 92.2 cm³/mol. The van der Waals surface area contributed by atoms with Crippen LogP contribution < -0.4 is 10.1 Å². The fourth-order valence-electron chi connectivity index (χ4n) is 1.93. The zero-order valence-corrected chi connectivity index (χ0v) is 14.3. The number of nitrogens with zero attached hydrogens (tertiary/aromatic N) is 1. The lowest BCUT2D eigenvalue weighted by atomic mass is 10.3. The molecule has 0 saturated heterocycles. The van der Waals surface area contributed by atoms with Crippen LogP contribution in [0, 0.1) is 5.82 Å². The minimum atomic E-state index is -0.386. The number of ether oxygens (including phenoxy) is 1. The zero-order chi connectivity index (χ0) is 16.7. The van der Waals surface area contributed by atoms with Gasteiger partial charge in [0.25, 0.3) is 0 Å². The van der Waals surface area contributed by atoms with Crippen LogP contribution in [0.3, 0.4) is 0 Å². The van der Waals surface area contributed by atoms with E-state index in [1.807, 2.05) is 36.2 Å². The van der Waals surface area contributed by atoms with E-state index in [2.05, 4.69) is 21.2 Å². The molecule has 0 aliphatic rings. The highest BCUT2D eigenvalue weighted by Gasteiger charge is 2.08. The van der Waals surface area contributed by atoms with Crippen LogP contribution in [-0.4, -0.2) is 37.6 Å². The molecule has 0 unspecified atom stereocenters. The third kappa shape index (κ3) is 6.00. The summed E-state index contributed by atoms with van der Waals surface area (Å²) in [5, 5.41) is 2.82. The number of amides is 1. The molecule has 0 aliphatic carbocycles. The normalized spacial score (nSPS) is 10.6. The first kappa shape index (κ1) is 17.4. The van der Waals surface area contributed by atoms with Crippen molar-refractivity contribution in [3.8, 4) is 5.75 Å². The van der Waals surface area contributed by atoms with Gasteiger partial charge in [0.2, 0.25) is 5.91 Å². The quantitative estimate of drug-likeness (QED) is 0.798. The highest BCUT2D eigenvalue weighted by atomic mass is 79.9. The Kier molecular flexibility index (Phi) is 6.55. The summed E-state index contributed by atoms with van der Waals surface area (Å²) in [4.78, 5) is 13.7. The number of nitrogens with one attached hydrogen (secondary N) is 1. The van der Waals surface area contributed by atoms with Crippen LogP contribution in [0.5, 0.6) is 5.75 Å². The van der Waals surface area contributed by atoms with E-state index >= 15 is 0 Å². The molecule has 2 aromatic carbocycles. The second-order valence-corrected chi connectivity index (χ2v) is 5.99. The van der Waals surface area contributed by atoms with E-state index < -0.39 is 0 Å². The Hall–Kier alpha value is -1.92. The number of carbonyl (C=O) groups excluding carboxylic acids is 1. The van der Waals surface area contributed by atoms with Crippen molar-refractivity contribution in [2.24, 2.45) is 0 Å². The van der Waals surface area contributed by atoms with Gasteiger partial charge in [-0.15, -0.1) is 0 Å². The molecule has 0 radical (unpaired) electrons. The Morgan fingerprint density at radius 2 is 1.91 bits per heavy atom. The molecule has 6 heteroatoms. The van der Waals surface area contributed by atoms with Crippen molar-refractivity contribution < 1.29 is 13.9 Å². The van der Waals surface area contributed by atoms with Crippen molar-refractivity contribution in [1.82, 2.24) is 4.90 Å². The van der Waals surface area contributed by atoms with Gasteiger partial charge in [0.15, 0.2) is 11.6 Å². The highest BCUT2D eigenvalue weighted by molar-refractivity contribution is 9.10. The Morgan fingerprint density at radius 1 is 1.22 bits per heavy atom. The standard InChI is InChI=1S/C17H18BrFN2O2/c1-21(10-11-23-16-5-3-2-4-15(16)19)12-17(22)20-14-8-6-13(18)7-9-14/h2-9H,10-12H2,1H3,(H,20,22). The molecule has 0 heterocycles. The molecule has 2 rings (SSSR count). The van der Waals surface area contributed by atoms with E-state index in [4.69, 9.17) is 4.74 Å². The third-order valence-electron chi connectivity index (χ3n) is 3.11. The molecular weight excluding hydrogens is 363 g/mol. The van der Waals surface area contributed by atoms with E-state index in [0.29, 0.717) is 13.2 Å². The van der Waals surface area contributed by atoms with Crippen LogP contribution >= 0.6 is 15.9 Å². The summed E-state index contributed by atoms with van der Waals surface area (Å²) in [6.45, 7) is 1.06. The SMILES string of the molecule is CN(CCOc1ccccc1F)CC(=O)Nc1ccc(Br)cc1. The summed E-state index contributed by atoms with van der Waals surface area (Å²) in [5.41, 5.74) is 0.745. The molecular formula is C17H18BrFN2O2. The Morgan fingerprint density at radius 3 is 2.61 bits per heavy atom. The largest absolute Gasteiger partial charge is 0.489 e. The fourth-order valence-corrected chi connectivity index (χ4v) is 2.20. The average molecular weight is 381 g/mol. The van der Waals surface area contributed by atoms with Crippen molar-refractivity contribution in [3.05, 3.63) is 58.8 Å². The summed E-state index contributed by atoms with van der Waals surface area (Å²) < 4.78 is 19.7. The molecule has 1 amide bonds. The van der Waals surface area contributed by atoms with Crippen LogP contribution in [0.1, 0.15) is 0 Å². The fraction of sp³-hybridized carbons (Fsp3) is 0.235. The maximum absolute atomic E-state index is 13.4. The topological polar surface area (TPSA) is 41.6 Å². The minimum absolute atomic E-state index is 0.110. The number of likely N-dealkylation sites (N-methyl/N-ethyl adjacent to an activating group) is 1. The van der Waals surface area contributed by atoms with Crippen molar-refractivity contribution in [3.63, 3.8) is 0 Å². The van der Waals surface area contributed by atoms with Gasteiger partial charge in [-0.05, 0) is 43.4 Å². The van der Waals surface area contributed by atoms with Gasteiger partial charge in [-0.3, -0.25) is 9.69 Å². The van der Waals surface area contributed by atoms with Crippen LogP contribution in [0.4, 0.5) is 10.1 Å². The van der Waals surface area contributed by atoms with Crippen molar-refractivity contribution in [2.45, 2.75) is 0 Å². The predicted octanol–water partition coefficient (Wildman–Crippen LogP) is 3.54. The van der Waals surface area contributed by atoms with Crippen molar-refractivity contribution in [1.29, 1.82) is 0 Å². The lowest BCUT2D eigenvalue weighted by molar-refractivity contribution is -0.117. The average Bonchev–Trinajstić information content (AvgIpc) is 2.51. The van der Waals surface area contributed by atoms with Crippen LogP contribution in [0.25, 0.3) is 0 Å². The van der Waals surface area contributed by atoms with Gasteiger partial charge >= 0.3 is 0 Å². The van der Waals surface area contributed by atoms with E-state index in [1.54, 1.807) is 18.2 Å². The lowest BCUT2D eigenvalue weighted by Crippen LogP contribution is -2.33. The maximum Gasteiger partial charge on any atom is 0.238 e. The van der Waals surface area contributed by atoms with Gasteiger partial charge in [-0.25, -0.2) is 4.39 Å². The number of rotatable bonds is 7. The second-order valence-electron chi connectivity index (χ2n) is 5.07. The molecule has 0 bridgehead atoms. The molecule has 122 valence electrons. The van der Waals surface area contributed by atoms with Crippen molar-refractivity contribution >= 4 is 27.5 Å². The first-order valence-corrected chi connectivity index (χ1v) is 7.95. The summed E-state index contributed by atoms with van der Waals surface area (Å²) in [7, 11) is 1.81. The summed E-state index contributed by atoms with van der Waals surface area (Å²) in [6, 6.07) is 13.6. The smallest absolute Gasteiger partial charge is 0.238 e. The van der Waals surface area contributed by atoms with E-state index in [1.165, 1.54) is 6.07 Å². The summed E-state index contributed by atoms with van der Waals surface area (Å²) in [5.74, 6) is -0.274. The van der Waals surface area contributed by atoms with E-state index in [0.717, 1.165) is 10.2 Å². The third-order valence-corrected chi connectivity index (χ3v) is 3.64. The molecule has 0 fully saturated rings. The Labute approximate surface area is 143 Å². The summed E-state index contributed by atoms with van der Waals surface area (Å²) >= 11 is 3.34. The van der Waals surface area contributed by atoms with Crippen molar-refractivity contribution in [2.75, 3.05) is 32.1 Å². The van der Waals surface area contributed by atoms with Gasteiger partial charge < -0.3 is 10.1 Å². The number of hydrogen-bond acceptors (Lipinski definition) is 3. The second kappa shape index (κ2) is 8.64. The zero-order valence-electron chi connectivity index (χ0n) is 12.8. The van der Waals surface area contributed by atoms with E-state index in [9.17, 15) is 9.18 Å². The van der Waals surface area contributed by atoms with Crippen LogP contribution in [0.2, 0.25) is 0 Å². The molecule has 2 aromatic rings. The first-order chi connectivity index (χ1) is 11.0. The Bertz CT molecular complexity index is 649. The number of carbonyl (C=O) groups is 1. The number of halogens is 2. The van der Waals surface area contributed by atoms with Gasteiger partial charge in [-0.2, -0.15) is 0 Å². The molecule has 0 atom stereocenters. The monoisotopic (exact) mass is 380 g/mol. The molecule has 0 aliphatic heterocycles.